The Morgan fingerprint density at radius 3 is 2.77 bits per heavy atom. The fraction of sp³-hybridized carbons (Fsp3) is 0.188. The second-order valence-corrected chi connectivity index (χ2v) is 5.06. The summed E-state index contributed by atoms with van der Waals surface area (Å²) in [6, 6.07) is 12.4. The number of hydrogen-bond acceptors (Lipinski definition) is 3. The monoisotopic (exact) mass is 296 g/mol. The maximum Gasteiger partial charge on any atom is 0.291 e. The van der Waals surface area contributed by atoms with E-state index in [2.05, 4.69) is 10.4 Å². The van der Waals surface area contributed by atoms with E-state index in [0.717, 1.165) is 5.56 Å². The molecule has 2 aromatic heterocycles. The average molecular weight is 296 g/mol. The summed E-state index contributed by atoms with van der Waals surface area (Å²) in [6.45, 7) is 2.08. The van der Waals surface area contributed by atoms with Crippen LogP contribution in [0.15, 0.2) is 59.8 Å². The van der Waals surface area contributed by atoms with Gasteiger partial charge in [0.25, 0.3) is 5.56 Å². The van der Waals surface area contributed by atoms with Gasteiger partial charge in [-0.1, -0.05) is 30.3 Å². The van der Waals surface area contributed by atoms with E-state index in [4.69, 9.17) is 0 Å². The van der Waals surface area contributed by atoms with E-state index in [-0.39, 0.29) is 11.5 Å². The van der Waals surface area contributed by atoms with Crippen LogP contribution in [0.5, 0.6) is 0 Å². The normalized spacial score (nSPS) is 12.2. The van der Waals surface area contributed by atoms with Crippen molar-refractivity contribution in [1.29, 1.82) is 0 Å². The van der Waals surface area contributed by atoms with Crippen LogP contribution in [-0.4, -0.2) is 20.1 Å². The number of nitrogens with zero attached hydrogens (tertiary/aromatic N) is 3. The molecule has 1 aromatic carbocycles. The molecule has 3 rings (SSSR count). The standard InChI is InChI=1S/C16H16N4O2/c1-12(15(21)17-10-13-6-3-2-4-7-13)20-16(22)14-8-5-9-19(14)11-18-20/h2-9,11-12H,10H2,1H3,(H,17,21)/t12-/m1/s1. The SMILES string of the molecule is C[C@H](C(=O)NCc1ccccc1)n1ncn2cccc2c1=O. The molecule has 0 spiro atoms. The van der Waals surface area contributed by atoms with E-state index in [9.17, 15) is 9.59 Å². The highest BCUT2D eigenvalue weighted by Crippen LogP contribution is 2.04. The molecular formula is C16H16N4O2. The van der Waals surface area contributed by atoms with E-state index in [0.29, 0.717) is 12.1 Å². The summed E-state index contributed by atoms with van der Waals surface area (Å²) < 4.78 is 2.84. The van der Waals surface area contributed by atoms with Gasteiger partial charge < -0.3 is 9.72 Å². The molecule has 0 saturated heterocycles. The van der Waals surface area contributed by atoms with Gasteiger partial charge in [0, 0.05) is 12.7 Å². The number of hydrogen-bond donors (Lipinski definition) is 1. The molecule has 1 amide bonds. The minimum absolute atomic E-state index is 0.241. The van der Waals surface area contributed by atoms with E-state index in [1.807, 2.05) is 30.3 Å². The number of rotatable bonds is 4. The molecule has 22 heavy (non-hydrogen) atoms. The van der Waals surface area contributed by atoms with Crippen LogP contribution in [0.3, 0.4) is 0 Å². The largest absolute Gasteiger partial charge is 0.350 e. The van der Waals surface area contributed by atoms with Crippen LogP contribution in [-0.2, 0) is 11.3 Å². The minimum atomic E-state index is -0.670. The Hall–Kier alpha value is -2.89. The first-order chi connectivity index (χ1) is 10.7. The molecule has 2 heterocycles. The van der Waals surface area contributed by atoms with Crippen LogP contribution in [0, 0.1) is 0 Å². The highest BCUT2D eigenvalue weighted by molar-refractivity contribution is 5.79. The van der Waals surface area contributed by atoms with Gasteiger partial charge in [0.2, 0.25) is 5.91 Å². The topological polar surface area (TPSA) is 68.4 Å². The molecular weight excluding hydrogens is 280 g/mol. The number of amides is 1. The average Bonchev–Trinajstić information content (AvgIpc) is 3.03. The van der Waals surface area contributed by atoms with Crippen LogP contribution < -0.4 is 10.9 Å². The second kappa shape index (κ2) is 5.85. The molecule has 112 valence electrons. The maximum atomic E-state index is 12.3. The first kappa shape index (κ1) is 14.1. The molecule has 0 bridgehead atoms. The Labute approximate surface area is 127 Å². The molecule has 3 aromatic rings. The third-order valence-electron chi connectivity index (χ3n) is 3.56. The predicted molar refractivity (Wildman–Crippen MR) is 82.5 cm³/mol. The molecule has 0 aliphatic heterocycles. The van der Waals surface area contributed by atoms with Gasteiger partial charge in [-0.15, -0.1) is 0 Å². The third-order valence-corrected chi connectivity index (χ3v) is 3.56. The highest BCUT2D eigenvalue weighted by Gasteiger charge is 2.18. The van der Waals surface area contributed by atoms with Crippen LogP contribution in [0.25, 0.3) is 5.52 Å². The molecule has 0 unspecified atom stereocenters. The Kier molecular flexibility index (Phi) is 3.74. The number of aromatic nitrogens is 3. The van der Waals surface area contributed by atoms with Crippen molar-refractivity contribution in [2.75, 3.05) is 0 Å². The van der Waals surface area contributed by atoms with Crippen LogP contribution in [0.2, 0.25) is 0 Å². The van der Waals surface area contributed by atoms with Crippen LogP contribution in [0.1, 0.15) is 18.5 Å². The van der Waals surface area contributed by atoms with Gasteiger partial charge in [-0.3, -0.25) is 9.59 Å². The fourth-order valence-corrected chi connectivity index (χ4v) is 2.28. The van der Waals surface area contributed by atoms with Crippen molar-refractivity contribution in [3.63, 3.8) is 0 Å². The summed E-state index contributed by atoms with van der Waals surface area (Å²) >= 11 is 0. The van der Waals surface area contributed by atoms with Gasteiger partial charge in [0.15, 0.2) is 0 Å². The van der Waals surface area contributed by atoms with Crippen LogP contribution >= 0.6 is 0 Å². The summed E-state index contributed by atoms with van der Waals surface area (Å²) in [4.78, 5) is 24.5. The van der Waals surface area contributed by atoms with Crippen molar-refractivity contribution in [2.24, 2.45) is 0 Å². The maximum absolute atomic E-state index is 12.3. The lowest BCUT2D eigenvalue weighted by Crippen LogP contribution is -2.37. The molecule has 1 atom stereocenters. The highest BCUT2D eigenvalue weighted by atomic mass is 16.2. The molecule has 0 fully saturated rings. The number of benzene rings is 1. The third kappa shape index (κ3) is 2.63. The molecule has 0 saturated carbocycles. The second-order valence-electron chi connectivity index (χ2n) is 5.06. The summed E-state index contributed by atoms with van der Waals surface area (Å²) in [5, 5.41) is 6.88. The van der Waals surface area contributed by atoms with Gasteiger partial charge >= 0.3 is 0 Å². The van der Waals surface area contributed by atoms with E-state index >= 15 is 0 Å². The summed E-state index contributed by atoms with van der Waals surface area (Å²) in [5.74, 6) is -0.241. The molecule has 0 aliphatic rings. The molecule has 6 nitrogen and oxygen atoms in total. The molecule has 6 heteroatoms. The number of carbonyl (C=O) groups excluding carboxylic acids is 1. The Morgan fingerprint density at radius 2 is 2.00 bits per heavy atom. The number of carbonyl (C=O) groups is 1. The number of nitrogens with one attached hydrogen (secondary N) is 1. The lowest BCUT2D eigenvalue weighted by molar-refractivity contribution is -0.124. The summed E-state index contributed by atoms with van der Waals surface area (Å²) in [6.07, 6.45) is 3.27. The Bertz CT molecular complexity index is 851. The van der Waals surface area contributed by atoms with Gasteiger partial charge in [-0.2, -0.15) is 5.10 Å². The quantitative estimate of drug-likeness (QED) is 0.790. The van der Waals surface area contributed by atoms with Gasteiger partial charge in [0.1, 0.15) is 17.9 Å². The first-order valence-electron chi connectivity index (χ1n) is 7.03. The van der Waals surface area contributed by atoms with Gasteiger partial charge in [-0.25, -0.2) is 4.68 Å². The zero-order chi connectivity index (χ0) is 15.5. The molecule has 0 aliphatic carbocycles. The van der Waals surface area contributed by atoms with E-state index in [1.165, 1.54) is 11.0 Å². The lowest BCUT2D eigenvalue weighted by Gasteiger charge is -2.14. The van der Waals surface area contributed by atoms with E-state index < -0.39 is 6.04 Å². The minimum Gasteiger partial charge on any atom is -0.350 e. The van der Waals surface area contributed by atoms with Gasteiger partial charge in [-0.05, 0) is 24.6 Å². The first-order valence-corrected chi connectivity index (χ1v) is 7.03. The molecule has 0 radical (unpaired) electrons. The van der Waals surface area contributed by atoms with Crippen molar-refractivity contribution in [1.82, 2.24) is 19.5 Å². The zero-order valence-corrected chi connectivity index (χ0v) is 12.1. The van der Waals surface area contributed by atoms with Crippen molar-refractivity contribution in [2.45, 2.75) is 19.5 Å². The Morgan fingerprint density at radius 1 is 1.23 bits per heavy atom. The summed E-state index contributed by atoms with van der Waals surface area (Å²) in [5.41, 5.74) is 1.22. The Balaban J connectivity index is 1.77. The van der Waals surface area contributed by atoms with Crippen molar-refractivity contribution < 1.29 is 4.79 Å². The van der Waals surface area contributed by atoms with Crippen LogP contribution in [0.4, 0.5) is 0 Å². The lowest BCUT2D eigenvalue weighted by atomic mass is 10.2. The number of fused-ring (bicyclic) bond motifs is 1. The zero-order valence-electron chi connectivity index (χ0n) is 12.1. The fourth-order valence-electron chi connectivity index (χ4n) is 2.28. The smallest absolute Gasteiger partial charge is 0.291 e. The van der Waals surface area contributed by atoms with Crippen molar-refractivity contribution in [3.05, 3.63) is 70.9 Å². The predicted octanol–water partition coefficient (Wildman–Crippen LogP) is 1.37. The van der Waals surface area contributed by atoms with E-state index in [1.54, 1.807) is 29.7 Å². The molecule has 1 N–H and O–H groups in total. The van der Waals surface area contributed by atoms with Crippen molar-refractivity contribution in [3.8, 4) is 0 Å². The van der Waals surface area contributed by atoms with Crippen molar-refractivity contribution >= 4 is 11.4 Å². The summed E-state index contributed by atoms with van der Waals surface area (Å²) in [7, 11) is 0. The van der Waals surface area contributed by atoms with Gasteiger partial charge in [0.05, 0.1) is 0 Å².